The molecule has 0 saturated carbocycles. The Bertz CT molecular complexity index is 897. The maximum atomic E-state index is 5.58. The van der Waals surface area contributed by atoms with Crippen molar-refractivity contribution in [1.82, 2.24) is 20.4 Å². The lowest BCUT2D eigenvalue weighted by molar-refractivity contribution is 0.431. The number of halogens is 1. The number of benzene rings is 1. The van der Waals surface area contributed by atoms with Crippen LogP contribution >= 0.6 is 24.2 Å². The predicted octanol–water partition coefficient (Wildman–Crippen LogP) is 3.90. The van der Waals surface area contributed by atoms with Gasteiger partial charge in [-0.05, 0) is 49.4 Å². The van der Waals surface area contributed by atoms with Gasteiger partial charge in [0.2, 0.25) is 5.82 Å². The van der Waals surface area contributed by atoms with Gasteiger partial charge >= 0.3 is 0 Å². The van der Waals surface area contributed by atoms with E-state index in [4.69, 9.17) is 4.52 Å². The highest BCUT2D eigenvalue weighted by molar-refractivity contribution is 7.98. The minimum absolute atomic E-state index is 0. The van der Waals surface area contributed by atoms with Crippen LogP contribution in [0.4, 0.5) is 0 Å². The highest BCUT2D eigenvalue weighted by Crippen LogP contribution is 2.33. The molecule has 2 aromatic heterocycles. The van der Waals surface area contributed by atoms with Crippen molar-refractivity contribution in [3.63, 3.8) is 0 Å². The summed E-state index contributed by atoms with van der Waals surface area (Å²) in [6, 6.07) is 8.08. The zero-order chi connectivity index (χ0) is 16.5. The first-order valence-electron chi connectivity index (χ1n) is 7.93. The van der Waals surface area contributed by atoms with Gasteiger partial charge in [0.15, 0.2) is 0 Å². The van der Waals surface area contributed by atoms with E-state index in [-0.39, 0.29) is 12.4 Å². The summed E-state index contributed by atoms with van der Waals surface area (Å²) in [7, 11) is 0. The molecule has 25 heavy (non-hydrogen) atoms. The molecule has 0 bridgehead atoms. The van der Waals surface area contributed by atoms with Gasteiger partial charge in [0.05, 0.1) is 5.56 Å². The minimum atomic E-state index is 0. The van der Waals surface area contributed by atoms with Gasteiger partial charge in [-0.15, -0.1) is 24.2 Å². The second-order valence-electron chi connectivity index (χ2n) is 5.77. The number of pyridine rings is 1. The van der Waals surface area contributed by atoms with Crippen molar-refractivity contribution in [2.75, 3.05) is 12.8 Å². The number of nitrogens with zero attached hydrogens (tertiary/aromatic N) is 3. The quantitative estimate of drug-likeness (QED) is 0.701. The Morgan fingerprint density at radius 3 is 2.92 bits per heavy atom. The van der Waals surface area contributed by atoms with Crippen LogP contribution in [0.5, 0.6) is 0 Å². The van der Waals surface area contributed by atoms with Gasteiger partial charge in [0.1, 0.15) is 0 Å². The first kappa shape index (κ1) is 17.9. The predicted molar refractivity (Wildman–Crippen MR) is 102 cm³/mol. The molecule has 0 aliphatic carbocycles. The largest absolute Gasteiger partial charge is 0.334 e. The number of aromatic nitrogens is 3. The second kappa shape index (κ2) is 7.56. The summed E-state index contributed by atoms with van der Waals surface area (Å²) in [6.07, 6.45) is 4.95. The molecule has 1 aromatic carbocycles. The van der Waals surface area contributed by atoms with Crippen molar-refractivity contribution in [2.45, 2.75) is 24.8 Å². The van der Waals surface area contributed by atoms with E-state index < -0.39 is 0 Å². The molecule has 0 amide bonds. The monoisotopic (exact) mass is 374 g/mol. The normalized spacial score (nSPS) is 13.2. The zero-order valence-corrected chi connectivity index (χ0v) is 15.7. The van der Waals surface area contributed by atoms with Crippen LogP contribution in [0.25, 0.3) is 22.8 Å². The average Bonchev–Trinajstić information content (AvgIpc) is 3.11. The molecule has 3 aromatic rings. The Morgan fingerprint density at radius 2 is 2.08 bits per heavy atom. The first-order chi connectivity index (χ1) is 11.8. The molecular weight excluding hydrogens is 356 g/mol. The van der Waals surface area contributed by atoms with Gasteiger partial charge in [0, 0.05) is 28.9 Å². The number of hydrogen-bond donors (Lipinski definition) is 1. The minimum Gasteiger partial charge on any atom is -0.334 e. The Labute approximate surface area is 157 Å². The molecule has 0 fully saturated rings. The number of aryl methyl sites for hydroxylation is 1. The Balaban J connectivity index is 0.00000182. The lowest BCUT2D eigenvalue weighted by Crippen LogP contribution is -2.24. The van der Waals surface area contributed by atoms with E-state index in [1.807, 2.05) is 37.6 Å². The number of hydrogen-bond acceptors (Lipinski definition) is 6. The van der Waals surface area contributed by atoms with E-state index in [2.05, 4.69) is 26.5 Å². The molecule has 0 radical (unpaired) electrons. The van der Waals surface area contributed by atoms with E-state index in [0.29, 0.717) is 11.7 Å². The highest BCUT2D eigenvalue weighted by Gasteiger charge is 2.21. The van der Waals surface area contributed by atoms with Crippen LogP contribution in [0.3, 0.4) is 0 Å². The standard InChI is InChI=1S/C18H18N4OS.ClH/c1-11-16(13-7-8-19-9-12(13)10-20-11)17-21-18(23-22-17)14-5-3-4-6-15(14)24-2;/h3-6,10,19H,7-9H2,1-2H3;1H. The van der Waals surface area contributed by atoms with E-state index in [1.54, 1.807) is 11.8 Å². The van der Waals surface area contributed by atoms with Gasteiger partial charge in [-0.2, -0.15) is 4.98 Å². The molecule has 1 aliphatic rings. The highest BCUT2D eigenvalue weighted by atomic mass is 35.5. The summed E-state index contributed by atoms with van der Waals surface area (Å²) in [5.41, 5.74) is 5.44. The van der Waals surface area contributed by atoms with Crippen molar-refractivity contribution in [3.8, 4) is 22.8 Å². The third-order valence-electron chi connectivity index (χ3n) is 4.32. The van der Waals surface area contributed by atoms with Crippen LogP contribution in [0.2, 0.25) is 0 Å². The Kier molecular flexibility index (Phi) is 5.42. The number of fused-ring (bicyclic) bond motifs is 1. The first-order valence-corrected chi connectivity index (χ1v) is 9.16. The number of nitrogens with one attached hydrogen (secondary N) is 1. The molecular formula is C18H19ClN4OS. The summed E-state index contributed by atoms with van der Waals surface area (Å²) in [4.78, 5) is 10.3. The molecule has 3 heterocycles. The molecule has 1 N–H and O–H groups in total. The van der Waals surface area contributed by atoms with Crippen molar-refractivity contribution < 1.29 is 4.52 Å². The van der Waals surface area contributed by atoms with Crippen LogP contribution in [-0.4, -0.2) is 27.9 Å². The van der Waals surface area contributed by atoms with Crippen LogP contribution in [0.1, 0.15) is 16.8 Å². The zero-order valence-electron chi connectivity index (χ0n) is 14.1. The van der Waals surface area contributed by atoms with Crippen LogP contribution in [0.15, 0.2) is 39.9 Å². The average molecular weight is 375 g/mol. The summed E-state index contributed by atoms with van der Waals surface area (Å²) in [5.74, 6) is 1.19. The fraction of sp³-hybridized carbons (Fsp3) is 0.278. The lowest BCUT2D eigenvalue weighted by Gasteiger charge is -2.19. The number of thioether (sulfide) groups is 1. The molecule has 0 saturated heterocycles. The molecule has 0 atom stereocenters. The van der Waals surface area contributed by atoms with Gasteiger partial charge < -0.3 is 9.84 Å². The van der Waals surface area contributed by atoms with Crippen LogP contribution in [-0.2, 0) is 13.0 Å². The Hall–Kier alpha value is -1.89. The fourth-order valence-electron chi connectivity index (χ4n) is 3.12. The maximum Gasteiger partial charge on any atom is 0.259 e. The molecule has 0 unspecified atom stereocenters. The fourth-order valence-corrected chi connectivity index (χ4v) is 3.71. The number of rotatable bonds is 3. The topological polar surface area (TPSA) is 63.8 Å². The molecule has 7 heteroatoms. The summed E-state index contributed by atoms with van der Waals surface area (Å²) in [6.45, 7) is 3.81. The van der Waals surface area contributed by atoms with Crippen LogP contribution in [0, 0.1) is 6.92 Å². The van der Waals surface area contributed by atoms with Crippen molar-refractivity contribution in [2.24, 2.45) is 0 Å². The lowest BCUT2D eigenvalue weighted by atomic mass is 9.95. The van der Waals surface area contributed by atoms with Gasteiger partial charge in [-0.3, -0.25) is 4.98 Å². The van der Waals surface area contributed by atoms with Gasteiger partial charge in [-0.1, -0.05) is 17.3 Å². The molecule has 130 valence electrons. The second-order valence-corrected chi connectivity index (χ2v) is 6.62. The molecule has 5 nitrogen and oxygen atoms in total. The maximum absolute atomic E-state index is 5.58. The molecule has 4 rings (SSSR count). The Morgan fingerprint density at radius 1 is 1.24 bits per heavy atom. The SMILES string of the molecule is CSc1ccccc1-c1nc(-c2c(C)ncc3c2CCNC3)no1.Cl. The summed E-state index contributed by atoms with van der Waals surface area (Å²) < 4.78 is 5.58. The van der Waals surface area contributed by atoms with E-state index in [1.165, 1.54) is 11.1 Å². The molecule has 1 aliphatic heterocycles. The summed E-state index contributed by atoms with van der Waals surface area (Å²) >= 11 is 1.67. The smallest absolute Gasteiger partial charge is 0.259 e. The van der Waals surface area contributed by atoms with E-state index in [9.17, 15) is 0 Å². The van der Waals surface area contributed by atoms with E-state index in [0.717, 1.165) is 41.2 Å². The van der Waals surface area contributed by atoms with Crippen molar-refractivity contribution in [3.05, 3.63) is 47.3 Å². The van der Waals surface area contributed by atoms with Gasteiger partial charge in [-0.25, -0.2) is 0 Å². The van der Waals surface area contributed by atoms with Crippen LogP contribution < -0.4 is 5.32 Å². The van der Waals surface area contributed by atoms with Crippen molar-refractivity contribution >= 4 is 24.2 Å². The third-order valence-corrected chi connectivity index (χ3v) is 5.12. The third kappa shape index (κ3) is 3.29. The summed E-state index contributed by atoms with van der Waals surface area (Å²) in [5, 5.41) is 7.63. The molecule has 0 spiro atoms. The van der Waals surface area contributed by atoms with Gasteiger partial charge in [0.25, 0.3) is 5.89 Å². The van der Waals surface area contributed by atoms with Crippen molar-refractivity contribution in [1.29, 1.82) is 0 Å². The van der Waals surface area contributed by atoms with E-state index >= 15 is 0 Å².